The molecule has 1 saturated heterocycles. The first-order valence-corrected chi connectivity index (χ1v) is 8.57. The summed E-state index contributed by atoms with van der Waals surface area (Å²) in [6.07, 6.45) is 7.18. The average Bonchev–Trinajstić information content (AvgIpc) is 3.35. The number of nitrogens with zero attached hydrogens (tertiary/aromatic N) is 4. The van der Waals surface area contributed by atoms with E-state index in [0.717, 1.165) is 25.9 Å². The van der Waals surface area contributed by atoms with E-state index in [2.05, 4.69) is 20.8 Å². The van der Waals surface area contributed by atoms with Gasteiger partial charge in [-0.05, 0) is 49.7 Å². The summed E-state index contributed by atoms with van der Waals surface area (Å²) in [5.74, 6) is -0.830. The Labute approximate surface area is 162 Å². The number of piperidine rings is 1. The molecule has 1 atom stereocenters. The van der Waals surface area contributed by atoms with Crippen LogP contribution in [0.4, 0.5) is 10.1 Å². The normalized spacial score (nSPS) is 16.6. The van der Waals surface area contributed by atoms with Gasteiger partial charge in [-0.3, -0.25) is 9.48 Å². The Kier molecular flexibility index (Phi) is 5.88. The van der Waals surface area contributed by atoms with Crippen molar-refractivity contribution in [3.8, 4) is 5.69 Å². The van der Waals surface area contributed by atoms with Gasteiger partial charge >= 0.3 is 0 Å². The van der Waals surface area contributed by atoms with Gasteiger partial charge in [-0.2, -0.15) is 10.2 Å². The summed E-state index contributed by atoms with van der Waals surface area (Å²) < 4.78 is 17.5. The number of rotatable bonds is 4. The maximum atomic E-state index is 14.3. The molecule has 2 aromatic heterocycles. The number of amides is 1. The molecule has 3 aromatic rings. The second kappa shape index (κ2) is 8.32. The first-order valence-electron chi connectivity index (χ1n) is 8.57. The van der Waals surface area contributed by atoms with Crippen LogP contribution in [0.25, 0.3) is 5.69 Å². The largest absolute Gasteiger partial charge is 0.320 e. The molecular weight excluding hydrogens is 371 g/mol. The number of aromatic nitrogens is 4. The number of carbonyl (C=O) groups excluding carboxylic acids is 1. The summed E-state index contributed by atoms with van der Waals surface area (Å²) in [5, 5.41) is 14.4. The van der Waals surface area contributed by atoms with Crippen molar-refractivity contribution in [2.75, 3.05) is 18.4 Å². The molecule has 0 aliphatic carbocycles. The number of carbonyl (C=O) groups is 1. The summed E-state index contributed by atoms with van der Waals surface area (Å²) in [4.78, 5) is 12.4. The third-order valence-corrected chi connectivity index (χ3v) is 4.44. The molecule has 2 N–H and O–H groups in total. The molecule has 7 nitrogen and oxygen atoms in total. The number of halogens is 2. The molecule has 1 aliphatic rings. The van der Waals surface area contributed by atoms with Crippen molar-refractivity contribution in [1.82, 2.24) is 24.9 Å². The number of hydrogen-bond acceptors (Lipinski definition) is 4. The molecule has 0 bridgehead atoms. The SMILES string of the molecule is Cl.O=C(Nc1ccc(-n2cccn2)c(F)c1)c1ccn(C2CCCNC2)n1. The van der Waals surface area contributed by atoms with Gasteiger partial charge in [0.05, 0.1) is 6.04 Å². The predicted octanol–water partition coefficient (Wildman–Crippen LogP) is 2.81. The minimum atomic E-state index is -0.467. The van der Waals surface area contributed by atoms with E-state index in [9.17, 15) is 9.18 Å². The van der Waals surface area contributed by atoms with Crippen molar-refractivity contribution in [1.29, 1.82) is 0 Å². The lowest BCUT2D eigenvalue weighted by atomic mass is 10.1. The van der Waals surface area contributed by atoms with E-state index in [1.165, 1.54) is 10.7 Å². The molecule has 1 unspecified atom stereocenters. The zero-order valence-electron chi connectivity index (χ0n) is 14.5. The second-order valence-electron chi connectivity index (χ2n) is 6.25. The van der Waals surface area contributed by atoms with Crippen molar-refractivity contribution >= 4 is 24.0 Å². The second-order valence-corrected chi connectivity index (χ2v) is 6.25. The summed E-state index contributed by atoms with van der Waals surface area (Å²) in [6, 6.07) is 8.14. The van der Waals surface area contributed by atoms with Crippen LogP contribution in [-0.2, 0) is 0 Å². The van der Waals surface area contributed by atoms with E-state index >= 15 is 0 Å². The lowest BCUT2D eigenvalue weighted by Crippen LogP contribution is -2.32. The molecule has 1 aliphatic heterocycles. The molecule has 3 heterocycles. The maximum Gasteiger partial charge on any atom is 0.276 e. The highest BCUT2D eigenvalue weighted by atomic mass is 35.5. The zero-order chi connectivity index (χ0) is 17.9. The van der Waals surface area contributed by atoms with Gasteiger partial charge in [0, 0.05) is 30.8 Å². The van der Waals surface area contributed by atoms with Gasteiger partial charge < -0.3 is 10.6 Å². The van der Waals surface area contributed by atoms with E-state index in [-0.39, 0.29) is 24.4 Å². The third kappa shape index (κ3) is 4.17. The van der Waals surface area contributed by atoms with Gasteiger partial charge in [0.2, 0.25) is 0 Å². The molecule has 1 fully saturated rings. The molecule has 4 rings (SSSR count). The Balaban J connectivity index is 0.00000210. The molecule has 0 radical (unpaired) electrons. The minimum Gasteiger partial charge on any atom is -0.320 e. The van der Waals surface area contributed by atoms with Crippen LogP contribution in [0.2, 0.25) is 0 Å². The lowest BCUT2D eigenvalue weighted by Gasteiger charge is -2.22. The molecule has 9 heteroatoms. The summed E-state index contributed by atoms with van der Waals surface area (Å²) in [5.41, 5.74) is 1.01. The molecule has 142 valence electrons. The van der Waals surface area contributed by atoms with E-state index < -0.39 is 5.82 Å². The van der Waals surface area contributed by atoms with Crippen LogP contribution < -0.4 is 10.6 Å². The Morgan fingerprint density at radius 1 is 1.30 bits per heavy atom. The highest BCUT2D eigenvalue weighted by Crippen LogP contribution is 2.19. The van der Waals surface area contributed by atoms with Gasteiger partial charge in [0.1, 0.15) is 5.69 Å². The van der Waals surface area contributed by atoms with Crippen molar-refractivity contribution in [2.24, 2.45) is 0 Å². The van der Waals surface area contributed by atoms with Gasteiger partial charge in [-0.25, -0.2) is 9.07 Å². The first-order chi connectivity index (χ1) is 12.7. The van der Waals surface area contributed by atoms with Gasteiger partial charge in [-0.1, -0.05) is 0 Å². The number of hydrogen-bond donors (Lipinski definition) is 2. The summed E-state index contributed by atoms with van der Waals surface area (Å²) in [7, 11) is 0. The molecule has 0 saturated carbocycles. The maximum absolute atomic E-state index is 14.3. The molecule has 0 spiro atoms. The van der Waals surface area contributed by atoms with Gasteiger partial charge in [0.25, 0.3) is 5.91 Å². The molecule has 1 aromatic carbocycles. The van der Waals surface area contributed by atoms with Crippen molar-refractivity contribution < 1.29 is 9.18 Å². The average molecular weight is 391 g/mol. The van der Waals surface area contributed by atoms with Crippen LogP contribution >= 0.6 is 12.4 Å². The van der Waals surface area contributed by atoms with E-state index in [0.29, 0.717) is 17.1 Å². The third-order valence-electron chi connectivity index (χ3n) is 4.44. The monoisotopic (exact) mass is 390 g/mol. The van der Waals surface area contributed by atoms with Crippen molar-refractivity contribution in [3.63, 3.8) is 0 Å². The molecular formula is C18H20ClFN6O. The predicted molar refractivity (Wildman–Crippen MR) is 102 cm³/mol. The smallest absolute Gasteiger partial charge is 0.276 e. The zero-order valence-corrected chi connectivity index (χ0v) is 15.3. The van der Waals surface area contributed by atoms with E-state index in [4.69, 9.17) is 0 Å². The number of benzene rings is 1. The fourth-order valence-corrected chi connectivity index (χ4v) is 3.10. The highest BCUT2D eigenvalue weighted by molar-refractivity contribution is 6.02. The van der Waals surface area contributed by atoms with Crippen LogP contribution in [0.5, 0.6) is 0 Å². The highest BCUT2D eigenvalue weighted by Gasteiger charge is 2.18. The van der Waals surface area contributed by atoms with Crippen LogP contribution in [0.1, 0.15) is 29.4 Å². The Bertz CT molecular complexity index is 904. The van der Waals surface area contributed by atoms with Crippen LogP contribution in [0.15, 0.2) is 48.9 Å². The molecule has 27 heavy (non-hydrogen) atoms. The molecule has 1 amide bonds. The standard InChI is InChI=1S/C18H19FN6O.ClH/c19-15-11-13(4-5-17(15)25-9-2-8-21-25)22-18(26)16-6-10-24(23-16)14-3-1-7-20-12-14;/h2,4-6,8-11,14,20H,1,3,7,12H2,(H,22,26);1H. The number of nitrogens with one attached hydrogen (secondary N) is 2. The summed E-state index contributed by atoms with van der Waals surface area (Å²) in [6.45, 7) is 1.87. The first kappa shape index (κ1) is 19.1. The van der Waals surface area contributed by atoms with Crippen LogP contribution in [0.3, 0.4) is 0 Å². The lowest BCUT2D eigenvalue weighted by molar-refractivity contribution is 0.102. The Hall–Kier alpha value is -2.71. The minimum absolute atomic E-state index is 0. The van der Waals surface area contributed by atoms with Crippen molar-refractivity contribution in [3.05, 3.63) is 60.4 Å². The van der Waals surface area contributed by atoms with Gasteiger partial charge in [0.15, 0.2) is 11.5 Å². The van der Waals surface area contributed by atoms with Crippen LogP contribution in [0, 0.1) is 5.82 Å². The topological polar surface area (TPSA) is 76.8 Å². The Morgan fingerprint density at radius 2 is 2.19 bits per heavy atom. The fraction of sp³-hybridized carbons (Fsp3) is 0.278. The van der Waals surface area contributed by atoms with Crippen molar-refractivity contribution in [2.45, 2.75) is 18.9 Å². The van der Waals surface area contributed by atoms with E-state index in [1.807, 2.05) is 10.9 Å². The van der Waals surface area contributed by atoms with E-state index in [1.54, 1.807) is 36.7 Å². The van der Waals surface area contributed by atoms with Gasteiger partial charge in [-0.15, -0.1) is 12.4 Å². The summed E-state index contributed by atoms with van der Waals surface area (Å²) >= 11 is 0. The quantitative estimate of drug-likeness (QED) is 0.718. The fourth-order valence-electron chi connectivity index (χ4n) is 3.10. The Morgan fingerprint density at radius 3 is 2.89 bits per heavy atom. The number of anilines is 1. The van der Waals surface area contributed by atoms with Crippen LogP contribution in [-0.4, -0.2) is 38.6 Å².